The Bertz CT molecular complexity index is 1200. The van der Waals surface area contributed by atoms with Crippen molar-refractivity contribution in [3.8, 4) is 11.4 Å². The fourth-order valence-electron chi connectivity index (χ4n) is 3.68. The van der Waals surface area contributed by atoms with E-state index in [9.17, 15) is 0 Å². The van der Waals surface area contributed by atoms with Gasteiger partial charge in [-0.2, -0.15) is 0 Å². The highest BCUT2D eigenvalue weighted by Gasteiger charge is 2.15. The molecule has 1 radical (unpaired) electrons. The van der Waals surface area contributed by atoms with Gasteiger partial charge in [-0.3, -0.25) is 4.40 Å². The van der Waals surface area contributed by atoms with Crippen LogP contribution in [-0.4, -0.2) is 45.5 Å². The lowest BCUT2D eigenvalue weighted by molar-refractivity contribution is 0.579. The number of benzene rings is 1. The molecule has 1 N–H and O–H groups in total. The summed E-state index contributed by atoms with van der Waals surface area (Å²) in [5.41, 5.74) is 5.62. The molecule has 3 aromatic heterocycles. The van der Waals surface area contributed by atoms with Gasteiger partial charge in [0.05, 0.1) is 23.1 Å². The lowest BCUT2D eigenvalue weighted by atomic mass is 10.1. The number of aromatic nitrogens is 4. The molecule has 0 aliphatic carbocycles. The molecule has 4 aromatic rings. The van der Waals surface area contributed by atoms with Crippen molar-refractivity contribution >= 4 is 34.6 Å². The second kappa shape index (κ2) is 7.93. The van der Waals surface area contributed by atoms with E-state index in [2.05, 4.69) is 55.6 Å². The van der Waals surface area contributed by atoms with E-state index in [-0.39, 0.29) is 0 Å². The van der Waals surface area contributed by atoms with Crippen molar-refractivity contribution in [1.29, 1.82) is 0 Å². The molecule has 0 unspecified atom stereocenters. The van der Waals surface area contributed by atoms with E-state index < -0.39 is 0 Å². The van der Waals surface area contributed by atoms with Gasteiger partial charge < -0.3 is 10.2 Å². The van der Waals surface area contributed by atoms with Crippen molar-refractivity contribution in [2.24, 2.45) is 0 Å². The van der Waals surface area contributed by atoms with Crippen molar-refractivity contribution < 1.29 is 0 Å². The van der Waals surface area contributed by atoms with Crippen LogP contribution in [0.2, 0.25) is 5.02 Å². The zero-order valence-corrected chi connectivity index (χ0v) is 17.3. The molecule has 1 aromatic carbocycles. The van der Waals surface area contributed by atoms with Crippen molar-refractivity contribution in [2.75, 3.05) is 36.4 Å². The van der Waals surface area contributed by atoms with Gasteiger partial charge in [0.1, 0.15) is 11.3 Å². The molecule has 0 amide bonds. The lowest BCUT2D eigenvalue weighted by Gasteiger charge is -2.29. The molecule has 4 heterocycles. The molecule has 0 spiro atoms. The van der Waals surface area contributed by atoms with Crippen LogP contribution in [-0.2, 0) is 0 Å². The van der Waals surface area contributed by atoms with Gasteiger partial charge in [-0.1, -0.05) is 17.7 Å². The number of aryl methyl sites for hydroxylation is 1. The van der Waals surface area contributed by atoms with Gasteiger partial charge in [0.25, 0.3) is 0 Å². The maximum atomic E-state index is 6.42. The maximum Gasteiger partial charge on any atom is 0.227 e. The summed E-state index contributed by atoms with van der Waals surface area (Å²) in [4.78, 5) is 15.8. The Morgan fingerprint density at radius 1 is 1.03 bits per heavy atom. The van der Waals surface area contributed by atoms with Gasteiger partial charge in [-0.25, -0.2) is 20.3 Å². The first kappa shape index (κ1) is 18.8. The van der Waals surface area contributed by atoms with E-state index in [0.717, 1.165) is 48.8 Å². The predicted molar refractivity (Wildman–Crippen MR) is 120 cm³/mol. The van der Waals surface area contributed by atoms with Crippen LogP contribution in [0.4, 0.5) is 17.3 Å². The fraction of sp³-hybridized carbons (Fsp3) is 0.227. The summed E-state index contributed by atoms with van der Waals surface area (Å²) in [6.45, 7) is 5.80. The van der Waals surface area contributed by atoms with Gasteiger partial charge in [0.15, 0.2) is 0 Å². The van der Waals surface area contributed by atoms with Crippen LogP contribution >= 0.6 is 11.6 Å². The van der Waals surface area contributed by atoms with Crippen LogP contribution in [0.3, 0.4) is 0 Å². The van der Waals surface area contributed by atoms with Gasteiger partial charge in [-0.15, -0.1) is 0 Å². The van der Waals surface area contributed by atoms with Crippen LogP contribution in [0.5, 0.6) is 0 Å². The van der Waals surface area contributed by atoms with Crippen molar-refractivity contribution in [3.05, 3.63) is 65.6 Å². The average Bonchev–Trinajstić information content (AvgIpc) is 3.21. The minimum Gasteiger partial charge on any atom is -0.369 e. The summed E-state index contributed by atoms with van der Waals surface area (Å²) < 4.78 is 1.96. The van der Waals surface area contributed by atoms with E-state index >= 15 is 0 Å². The van der Waals surface area contributed by atoms with Crippen molar-refractivity contribution in [3.63, 3.8) is 0 Å². The quantitative estimate of drug-likeness (QED) is 0.543. The largest absolute Gasteiger partial charge is 0.369 e. The highest BCUT2D eigenvalue weighted by atomic mass is 35.5. The highest BCUT2D eigenvalue weighted by molar-refractivity contribution is 6.32. The molecule has 8 heteroatoms. The molecule has 1 saturated heterocycles. The molecule has 1 aliphatic heterocycles. The molecule has 0 saturated carbocycles. The number of nitrogens with zero attached hydrogens (tertiary/aromatic N) is 6. The second-order valence-electron chi connectivity index (χ2n) is 7.24. The molecule has 0 bridgehead atoms. The van der Waals surface area contributed by atoms with Crippen molar-refractivity contribution in [1.82, 2.24) is 24.7 Å². The molecule has 30 heavy (non-hydrogen) atoms. The number of nitrogens with one attached hydrogen (secondary N) is 1. The number of hydrogen-bond acceptors (Lipinski definition) is 5. The van der Waals surface area contributed by atoms with Crippen LogP contribution in [0.25, 0.3) is 17.0 Å². The Kier molecular flexibility index (Phi) is 4.98. The first-order chi connectivity index (χ1) is 14.7. The Balaban J connectivity index is 1.44. The molecule has 7 nitrogen and oxygen atoms in total. The fourth-order valence-corrected chi connectivity index (χ4v) is 3.87. The number of fused-ring (bicyclic) bond motifs is 1. The monoisotopic (exact) mass is 418 g/mol. The molecule has 1 aliphatic rings. The van der Waals surface area contributed by atoms with Crippen LogP contribution in [0, 0.1) is 6.92 Å². The third-order valence-electron chi connectivity index (χ3n) is 5.28. The molecular formula is C22H21ClN7. The first-order valence-electron chi connectivity index (χ1n) is 9.90. The van der Waals surface area contributed by atoms with E-state index in [1.54, 1.807) is 12.4 Å². The van der Waals surface area contributed by atoms with Gasteiger partial charge >= 0.3 is 0 Å². The molecule has 0 atom stereocenters. The SMILES string of the molecule is Cc1cc(N2CC[N]CC2)ccc1Nc1ncc(Cl)c(-c2cnc3ccccn23)n1. The van der Waals surface area contributed by atoms with Crippen molar-refractivity contribution in [2.45, 2.75) is 6.92 Å². The number of piperazine rings is 1. The topological polar surface area (TPSA) is 72.5 Å². The highest BCUT2D eigenvalue weighted by Crippen LogP contribution is 2.29. The Morgan fingerprint density at radius 2 is 1.90 bits per heavy atom. The minimum atomic E-state index is 0.480. The smallest absolute Gasteiger partial charge is 0.227 e. The van der Waals surface area contributed by atoms with Crippen LogP contribution in [0.15, 0.2) is 55.0 Å². The Labute approximate surface area is 179 Å². The first-order valence-corrected chi connectivity index (χ1v) is 10.3. The van der Waals surface area contributed by atoms with E-state index in [4.69, 9.17) is 11.6 Å². The Morgan fingerprint density at radius 3 is 2.73 bits per heavy atom. The van der Waals surface area contributed by atoms with Gasteiger partial charge in [0, 0.05) is 43.8 Å². The average molecular weight is 419 g/mol. The minimum absolute atomic E-state index is 0.480. The van der Waals surface area contributed by atoms with Crippen LogP contribution in [0.1, 0.15) is 5.56 Å². The number of hydrogen-bond donors (Lipinski definition) is 1. The summed E-state index contributed by atoms with van der Waals surface area (Å²) in [6, 6.07) is 12.2. The predicted octanol–water partition coefficient (Wildman–Crippen LogP) is 3.92. The van der Waals surface area contributed by atoms with E-state index in [0.29, 0.717) is 16.7 Å². The molecule has 1 fully saturated rings. The maximum absolute atomic E-state index is 6.42. The Hall–Kier alpha value is -3.16. The standard InChI is InChI=1S/C22H21ClN7/c1-15-12-16(29-10-7-24-8-11-29)5-6-18(15)27-22-26-13-17(23)21(28-22)19-14-25-20-4-2-3-9-30(19)20/h2-6,9,12-14H,7-8,10-11H2,1H3,(H,26,27,28). The number of imidazole rings is 1. The zero-order chi connectivity index (χ0) is 20.5. The van der Waals surface area contributed by atoms with Gasteiger partial charge in [0.2, 0.25) is 5.95 Å². The lowest BCUT2D eigenvalue weighted by Crippen LogP contribution is -2.40. The number of halogens is 1. The van der Waals surface area contributed by atoms with Crippen LogP contribution < -0.4 is 15.5 Å². The molecule has 5 rings (SSSR count). The third kappa shape index (κ3) is 3.58. The summed E-state index contributed by atoms with van der Waals surface area (Å²) in [6.07, 6.45) is 5.34. The number of pyridine rings is 1. The van der Waals surface area contributed by atoms with E-state index in [1.165, 1.54) is 5.69 Å². The summed E-state index contributed by atoms with van der Waals surface area (Å²) >= 11 is 6.42. The summed E-state index contributed by atoms with van der Waals surface area (Å²) in [7, 11) is 0. The summed E-state index contributed by atoms with van der Waals surface area (Å²) in [5, 5.41) is 8.23. The van der Waals surface area contributed by atoms with E-state index in [1.807, 2.05) is 28.8 Å². The normalized spacial score (nSPS) is 14.3. The number of anilines is 3. The second-order valence-corrected chi connectivity index (χ2v) is 7.65. The third-order valence-corrected chi connectivity index (χ3v) is 5.56. The zero-order valence-electron chi connectivity index (χ0n) is 16.6. The molecule has 151 valence electrons. The van der Waals surface area contributed by atoms with Gasteiger partial charge in [-0.05, 0) is 42.8 Å². The summed E-state index contributed by atoms with van der Waals surface area (Å²) in [5.74, 6) is 0.493. The molecular weight excluding hydrogens is 398 g/mol. The number of rotatable bonds is 4.